The molecule has 0 spiro atoms. The van der Waals surface area contributed by atoms with Crippen LogP contribution >= 0.6 is 23.5 Å². The zero-order valence-corrected chi connectivity index (χ0v) is 26.1. The molecule has 0 amide bonds. The first kappa shape index (κ1) is 30.1. The molecule has 5 rings (SSSR count). The van der Waals surface area contributed by atoms with E-state index in [9.17, 15) is 4.39 Å². The Morgan fingerprint density at radius 2 is 1.79 bits per heavy atom. The number of halogens is 1. The minimum Gasteiger partial charge on any atom is -0.490 e. The van der Waals surface area contributed by atoms with Gasteiger partial charge in [-0.3, -0.25) is 10.00 Å². The summed E-state index contributed by atoms with van der Waals surface area (Å²) < 4.78 is 19.4. The molecular formula is C30H37FN8OS2. The second-order valence-corrected chi connectivity index (χ2v) is 12.5. The number of rotatable bonds is 12. The molecule has 2 N–H and O–H groups in total. The number of aromatic nitrogens is 4. The van der Waals surface area contributed by atoms with Crippen LogP contribution in [0.1, 0.15) is 11.3 Å². The molecule has 0 unspecified atom stereocenters. The van der Waals surface area contributed by atoms with Crippen LogP contribution in [0.2, 0.25) is 0 Å². The number of aryl methyl sites for hydroxylation is 1. The van der Waals surface area contributed by atoms with Crippen LogP contribution in [0.4, 0.5) is 21.8 Å². The van der Waals surface area contributed by atoms with E-state index in [0.29, 0.717) is 28.3 Å². The fraction of sp³-hybridized carbons (Fsp3) is 0.367. The molecule has 1 saturated heterocycles. The van der Waals surface area contributed by atoms with Gasteiger partial charge in [-0.05, 0) is 74.7 Å². The smallest absolute Gasteiger partial charge is 0.204 e. The highest BCUT2D eigenvalue weighted by Gasteiger charge is 2.25. The normalized spacial score (nSPS) is 14.0. The maximum Gasteiger partial charge on any atom is 0.204 e. The number of methoxy groups -OCH3 is 1. The fourth-order valence-electron chi connectivity index (χ4n) is 4.58. The maximum absolute atomic E-state index is 13.5. The number of aromatic amines is 1. The SMILES string of the molecule is COc1c(Nc2cc(C)[nH]n2)nc(Sc2ccc(SCc3cccc(F)c3)cc2)nc1N1CCN(CCN(C)C)CC1. The molecular weight excluding hydrogens is 572 g/mol. The van der Waals surface area contributed by atoms with Crippen molar-refractivity contribution in [2.45, 2.75) is 27.6 Å². The van der Waals surface area contributed by atoms with E-state index in [1.165, 1.54) is 17.8 Å². The third-order valence-corrected chi connectivity index (χ3v) is 8.80. The van der Waals surface area contributed by atoms with Crippen molar-refractivity contribution in [3.63, 3.8) is 0 Å². The van der Waals surface area contributed by atoms with Crippen LogP contribution in [-0.2, 0) is 5.75 Å². The molecule has 222 valence electrons. The highest BCUT2D eigenvalue weighted by atomic mass is 32.2. The number of H-pyrrole nitrogens is 1. The summed E-state index contributed by atoms with van der Waals surface area (Å²) in [4.78, 5) is 19.0. The van der Waals surface area contributed by atoms with Gasteiger partial charge in [0.25, 0.3) is 0 Å². The minimum absolute atomic E-state index is 0.207. The van der Waals surface area contributed by atoms with Gasteiger partial charge in [0.2, 0.25) is 5.75 Å². The minimum atomic E-state index is -0.207. The van der Waals surface area contributed by atoms with Gasteiger partial charge in [0.1, 0.15) is 5.82 Å². The standard InChI is InChI=1S/C30H37FN8OS2/c1-21-18-26(36-35-21)32-28-27(40-4)29(39-16-14-38(15-17-39)13-12-37(2)3)34-30(33-28)42-25-10-8-24(9-11-25)41-20-22-6-5-7-23(31)19-22/h5-11,18-19H,12-17,20H2,1-4H3,(H2,32,33,34,35,36). The van der Waals surface area contributed by atoms with Crippen molar-refractivity contribution in [3.8, 4) is 5.75 Å². The molecule has 0 radical (unpaired) electrons. The summed E-state index contributed by atoms with van der Waals surface area (Å²) in [6, 6.07) is 17.0. The Hall–Kier alpha value is -3.32. The molecule has 0 saturated carbocycles. The first-order valence-electron chi connectivity index (χ1n) is 13.9. The van der Waals surface area contributed by atoms with E-state index in [2.05, 4.69) is 68.6 Å². The summed E-state index contributed by atoms with van der Waals surface area (Å²) in [5.41, 5.74) is 1.91. The molecule has 1 fully saturated rings. The second-order valence-electron chi connectivity index (χ2n) is 10.4. The lowest BCUT2D eigenvalue weighted by molar-refractivity contribution is 0.228. The number of anilines is 3. The molecule has 0 aliphatic carbocycles. The van der Waals surface area contributed by atoms with E-state index in [0.717, 1.165) is 66.1 Å². The Morgan fingerprint density at radius 3 is 2.45 bits per heavy atom. The lowest BCUT2D eigenvalue weighted by Gasteiger charge is -2.36. The Morgan fingerprint density at radius 1 is 1.02 bits per heavy atom. The van der Waals surface area contributed by atoms with Gasteiger partial charge >= 0.3 is 0 Å². The maximum atomic E-state index is 13.5. The van der Waals surface area contributed by atoms with Crippen molar-refractivity contribution >= 4 is 41.0 Å². The number of likely N-dealkylation sites (N-methyl/N-ethyl adjacent to an activating group) is 1. The summed E-state index contributed by atoms with van der Waals surface area (Å²) in [6.07, 6.45) is 0. The van der Waals surface area contributed by atoms with Gasteiger partial charge in [0, 0.05) is 66.6 Å². The van der Waals surface area contributed by atoms with Crippen LogP contribution in [-0.4, -0.2) is 90.4 Å². The third-order valence-electron chi connectivity index (χ3n) is 6.85. The van der Waals surface area contributed by atoms with E-state index in [1.54, 1.807) is 31.0 Å². The van der Waals surface area contributed by atoms with E-state index in [-0.39, 0.29) is 5.82 Å². The zero-order valence-electron chi connectivity index (χ0n) is 24.4. The second kappa shape index (κ2) is 14.2. The molecule has 0 atom stereocenters. The largest absolute Gasteiger partial charge is 0.490 e. The molecule has 1 aliphatic heterocycles. The van der Waals surface area contributed by atoms with Gasteiger partial charge in [0.05, 0.1) is 7.11 Å². The number of thioether (sulfide) groups is 1. The van der Waals surface area contributed by atoms with E-state index in [4.69, 9.17) is 14.7 Å². The van der Waals surface area contributed by atoms with Gasteiger partial charge in [-0.25, -0.2) is 14.4 Å². The predicted molar refractivity (Wildman–Crippen MR) is 169 cm³/mol. The Balaban J connectivity index is 1.34. The van der Waals surface area contributed by atoms with Gasteiger partial charge in [-0.15, -0.1) is 11.8 Å². The van der Waals surface area contributed by atoms with Crippen LogP contribution < -0.4 is 15.0 Å². The van der Waals surface area contributed by atoms with Crippen molar-refractivity contribution in [1.29, 1.82) is 0 Å². The molecule has 42 heavy (non-hydrogen) atoms. The number of benzene rings is 2. The van der Waals surface area contributed by atoms with Crippen LogP contribution in [0.25, 0.3) is 0 Å². The summed E-state index contributed by atoms with van der Waals surface area (Å²) in [5, 5.41) is 11.3. The summed E-state index contributed by atoms with van der Waals surface area (Å²) >= 11 is 3.18. The lowest BCUT2D eigenvalue weighted by atomic mass is 10.2. The number of piperazine rings is 1. The molecule has 0 bridgehead atoms. The number of nitrogens with one attached hydrogen (secondary N) is 2. The average Bonchev–Trinajstić information content (AvgIpc) is 3.40. The first-order valence-corrected chi connectivity index (χ1v) is 15.7. The quantitative estimate of drug-likeness (QED) is 0.158. The van der Waals surface area contributed by atoms with Gasteiger partial charge < -0.3 is 19.9 Å². The van der Waals surface area contributed by atoms with Crippen molar-refractivity contribution in [1.82, 2.24) is 30.0 Å². The van der Waals surface area contributed by atoms with Crippen molar-refractivity contribution < 1.29 is 9.13 Å². The van der Waals surface area contributed by atoms with E-state index < -0.39 is 0 Å². The molecule has 4 aromatic rings. The van der Waals surface area contributed by atoms with Crippen LogP contribution in [0, 0.1) is 12.7 Å². The molecule has 12 heteroatoms. The fourth-order valence-corrected chi connectivity index (χ4v) is 6.18. The molecule has 2 aromatic carbocycles. The van der Waals surface area contributed by atoms with E-state index >= 15 is 0 Å². The zero-order chi connectivity index (χ0) is 29.5. The number of ether oxygens (including phenoxy) is 1. The third kappa shape index (κ3) is 8.15. The summed E-state index contributed by atoms with van der Waals surface area (Å²) in [5.74, 6) is 3.12. The molecule has 3 heterocycles. The molecule has 1 aliphatic rings. The summed E-state index contributed by atoms with van der Waals surface area (Å²) in [6.45, 7) is 7.66. The Bertz CT molecular complexity index is 1460. The van der Waals surface area contributed by atoms with Crippen LogP contribution in [0.3, 0.4) is 0 Å². The van der Waals surface area contributed by atoms with Crippen molar-refractivity contribution in [3.05, 3.63) is 71.7 Å². The Labute approximate surface area is 255 Å². The lowest BCUT2D eigenvalue weighted by Crippen LogP contribution is -2.48. The Kier molecular flexibility index (Phi) is 10.2. The highest BCUT2D eigenvalue weighted by Crippen LogP contribution is 2.38. The number of hydrogen-bond acceptors (Lipinski definition) is 10. The first-order chi connectivity index (χ1) is 20.4. The van der Waals surface area contributed by atoms with Crippen molar-refractivity contribution in [2.24, 2.45) is 0 Å². The predicted octanol–water partition coefficient (Wildman–Crippen LogP) is 5.53. The highest BCUT2D eigenvalue weighted by molar-refractivity contribution is 7.99. The number of hydrogen-bond donors (Lipinski definition) is 2. The van der Waals surface area contributed by atoms with Crippen LogP contribution in [0.5, 0.6) is 5.75 Å². The molecule has 9 nitrogen and oxygen atoms in total. The molecule has 2 aromatic heterocycles. The van der Waals surface area contributed by atoms with Crippen LogP contribution in [0.15, 0.2) is 69.5 Å². The average molecular weight is 609 g/mol. The summed E-state index contributed by atoms with van der Waals surface area (Å²) in [7, 11) is 5.87. The van der Waals surface area contributed by atoms with Gasteiger partial charge in [-0.2, -0.15) is 5.10 Å². The number of nitrogens with zero attached hydrogens (tertiary/aromatic N) is 6. The topological polar surface area (TPSA) is 85.4 Å². The van der Waals surface area contributed by atoms with Gasteiger partial charge in [0.15, 0.2) is 22.6 Å². The van der Waals surface area contributed by atoms with Gasteiger partial charge in [-0.1, -0.05) is 12.1 Å². The monoisotopic (exact) mass is 608 g/mol. The van der Waals surface area contributed by atoms with Crippen molar-refractivity contribution in [2.75, 3.05) is 70.7 Å². The van der Waals surface area contributed by atoms with E-state index in [1.807, 2.05) is 19.1 Å².